The number of sulfone groups is 1. The normalized spacial score (nSPS) is 13.6. The lowest BCUT2D eigenvalue weighted by atomic mass is 10.1. The first-order chi connectivity index (χ1) is 18.0. The average Bonchev–Trinajstić information content (AvgIpc) is 3.44. The zero-order valence-electron chi connectivity index (χ0n) is 20.9. The molecule has 0 amide bonds. The number of H-pyrrole nitrogens is 1. The summed E-state index contributed by atoms with van der Waals surface area (Å²) in [5.74, 6) is -1.12. The molecule has 38 heavy (non-hydrogen) atoms. The lowest BCUT2D eigenvalue weighted by molar-refractivity contribution is 0.276. The molecule has 14 heteroatoms. The summed E-state index contributed by atoms with van der Waals surface area (Å²) in [4.78, 5) is 14.4. The molecular weight excluding hydrogens is 518 g/mol. The van der Waals surface area contributed by atoms with Gasteiger partial charge in [-0.05, 0) is 37.8 Å². The summed E-state index contributed by atoms with van der Waals surface area (Å²) < 4.78 is 55.6. The van der Waals surface area contributed by atoms with E-state index in [1.54, 1.807) is 23.2 Å². The van der Waals surface area contributed by atoms with Gasteiger partial charge in [0.2, 0.25) is 5.95 Å². The summed E-state index contributed by atoms with van der Waals surface area (Å²) in [6, 6.07) is 3.33. The lowest BCUT2D eigenvalue weighted by Crippen LogP contribution is -2.19. The van der Waals surface area contributed by atoms with Crippen LogP contribution in [-0.4, -0.2) is 63.2 Å². The van der Waals surface area contributed by atoms with Gasteiger partial charge in [-0.1, -0.05) is 0 Å². The van der Waals surface area contributed by atoms with Crippen LogP contribution in [0.3, 0.4) is 0 Å². The molecule has 0 atom stereocenters. The van der Waals surface area contributed by atoms with E-state index in [9.17, 15) is 13.5 Å². The predicted octanol–water partition coefficient (Wildman–Crippen LogP) is 3.43. The Morgan fingerprint density at radius 2 is 1.92 bits per heavy atom. The first-order valence-corrected chi connectivity index (χ1v) is 13.7. The summed E-state index contributed by atoms with van der Waals surface area (Å²) >= 11 is 0. The molecule has 5 rings (SSSR count). The van der Waals surface area contributed by atoms with Gasteiger partial charge in [0.25, 0.3) is 0 Å². The number of nitrogens with one attached hydrogen (secondary N) is 2. The molecule has 0 unspecified atom stereocenters. The lowest BCUT2D eigenvalue weighted by Gasteiger charge is -2.22. The van der Waals surface area contributed by atoms with Crippen LogP contribution in [0.5, 0.6) is 0 Å². The molecule has 3 heterocycles. The van der Waals surface area contributed by atoms with Crippen LogP contribution in [-0.2, 0) is 16.4 Å². The number of anilines is 4. The third kappa shape index (κ3) is 5.09. The third-order valence-corrected chi connectivity index (χ3v) is 7.25. The van der Waals surface area contributed by atoms with Crippen molar-refractivity contribution in [1.82, 2.24) is 29.7 Å². The maximum atomic E-state index is 15.1. The van der Waals surface area contributed by atoms with Gasteiger partial charge in [-0.15, -0.1) is 0 Å². The van der Waals surface area contributed by atoms with Crippen LogP contribution in [0.15, 0.2) is 35.6 Å². The van der Waals surface area contributed by atoms with Gasteiger partial charge in [-0.3, -0.25) is 5.10 Å². The zero-order chi connectivity index (χ0) is 27.2. The first kappa shape index (κ1) is 25.7. The molecule has 200 valence electrons. The number of hydrogen-bond donors (Lipinski definition) is 3. The number of aliphatic hydroxyl groups excluding tert-OH is 1. The van der Waals surface area contributed by atoms with E-state index >= 15 is 8.78 Å². The molecule has 0 bridgehead atoms. The van der Waals surface area contributed by atoms with Crippen LogP contribution in [0, 0.1) is 18.6 Å². The van der Waals surface area contributed by atoms with Crippen molar-refractivity contribution in [3.8, 4) is 11.4 Å². The quantitative estimate of drug-likeness (QED) is 0.289. The fraction of sp³-hybridized carbons (Fsp3) is 0.333. The monoisotopic (exact) mass is 544 g/mol. The van der Waals surface area contributed by atoms with Gasteiger partial charge in [0.1, 0.15) is 22.9 Å². The Hall–Kier alpha value is -3.91. The molecule has 4 aromatic rings. The van der Waals surface area contributed by atoms with Crippen LogP contribution in [0.25, 0.3) is 11.4 Å². The molecule has 1 fully saturated rings. The van der Waals surface area contributed by atoms with Gasteiger partial charge >= 0.3 is 0 Å². The maximum absolute atomic E-state index is 15.1. The van der Waals surface area contributed by atoms with E-state index in [0.717, 1.165) is 47.4 Å². The molecule has 1 aliphatic rings. The fourth-order valence-corrected chi connectivity index (χ4v) is 4.79. The Balaban J connectivity index is 1.67. The first-order valence-electron chi connectivity index (χ1n) is 11.8. The molecule has 3 aromatic heterocycles. The molecule has 0 radical (unpaired) electrons. The number of benzene rings is 1. The van der Waals surface area contributed by atoms with E-state index in [1.165, 1.54) is 7.05 Å². The standard InChI is InChI=1S/C24H26F2N8O3S/c1-13-8-19(32-31-13)28-23-20(14-4-5-14)21(18-11-34(6-7-35)12-27-18)29-24(30-23)33(2)22-16(25)9-15(10-17(22)26)38(3,36)37/h8-12,14,35H,4-7H2,1-3H3,(H2,28,29,30,31,32). The number of rotatable bonds is 9. The van der Waals surface area contributed by atoms with E-state index in [-0.39, 0.29) is 18.5 Å². The van der Waals surface area contributed by atoms with Crippen LogP contribution in [0.1, 0.15) is 30.0 Å². The van der Waals surface area contributed by atoms with Gasteiger partial charge in [-0.2, -0.15) is 10.1 Å². The van der Waals surface area contributed by atoms with Gasteiger partial charge in [0.15, 0.2) is 27.3 Å². The molecule has 0 spiro atoms. The second kappa shape index (κ2) is 9.76. The van der Waals surface area contributed by atoms with Crippen molar-refractivity contribution in [2.24, 2.45) is 0 Å². The summed E-state index contributed by atoms with van der Waals surface area (Å²) in [7, 11) is -2.43. The molecule has 1 aliphatic carbocycles. The fourth-order valence-electron chi connectivity index (χ4n) is 4.16. The second-order valence-corrected chi connectivity index (χ2v) is 11.3. The number of imidazole rings is 1. The number of halogens is 2. The molecular formula is C24H26F2N8O3S. The van der Waals surface area contributed by atoms with Crippen molar-refractivity contribution in [2.75, 3.05) is 30.1 Å². The summed E-state index contributed by atoms with van der Waals surface area (Å²) in [5.41, 5.74) is 2.10. The molecule has 0 saturated heterocycles. The van der Waals surface area contributed by atoms with Crippen molar-refractivity contribution in [3.05, 3.63) is 53.6 Å². The summed E-state index contributed by atoms with van der Waals surface area (Å²) in [5, 5.41) is 19.6. The minimum atomic E-state index is -3.83. The van der Waals surface area contributed by atoms with Crippen LogP contribution < -0.4 is 10.2 Å². The van der Waals surface area contributed by atoms with Crippen LogP contribution in [0.4, 0.5) is 32.1 Å². The van der Waals surface area contributed by atoms with Crippen molar-refractivity contribution < 1.29 is 22.3 Å². The second-order valence-electron chi connectivity index (χ2n) is 9.26. The van der Waals surface area contributed by atoms with Crippen molar-refractivity contribution >= 4 is 33.1 Å². The van der Waals surface area contributed by atoms with Crippen LogP contribution in [0.2, 0.25) is 0 Å². The van der Waals surface area contributed by atoms with E-state index < -0.39 is 32.1 Å². The molecule has 0 aliphatic heterocycles. The van der Waals surface area contributed by atoms with Gasteiger partial charge in [-0.25, -0.2) is 27.2 Å². The number of aryl methyl sites for hydroxylation is 1. The Labute approximate surface area is 217 Å². The number of aromatic amines is 1. The number of nitrogens with zero attached hydrogens (tertiary/aromatic N) is 6. The van der Waals surface area contributed by atoms with Gasteiger partial charge < -0.3 is 19.9 Å². The highest BCUT2D eigenvalue weighted by Gasteiger charge is 2.33. The highest BCUT2D eigenvalue weighted by atomic mass is 32.2. The Morgan fingerprint density at radius 3 is 2.50 bits per heavy atom. The van der Waals surface area contributed by atoms with Gasteiger partial charge in [0.05, 0.1) is 17.8 Å². The zero-order valence-corrected chi connectivity index (χ0v) is 21.7. The molecule has 3 N–H and O–H groups in total. The number of aliphatic hydroxyl groups is 1. The topological polar surface area (TPSA) is 142 Å². The number of hydrogen-bond acceptors (Lipinski definition) is 9. The minimum absolute atomic E-state index is 0.0410. The molecule has 11 nitrogen and oxygen atoms in total. The Kier molecular flexibility index (Phi) is 6.61. The smallest absolute Gasteiger partial charge is 0.232 e. The van der Waals surface area contributed by atoms with Gasteiger partial charge in [0, 0.05) is 43.4 Å². The average molecular weight is 545 g/mol. The van der Waals surface area contributed by atoms with E-state index in [2.05, 4.69) is 30.5 Å². The highest BCUT2D eigenvalue weighted by Crippen LogP contribution is 2.48. The van der Waals surface area contributed by atoms with Crippen LogP contribution >= 0.6 is 0 Å². The summed E-state index contributed by atoms with van der Waals surface area (Å²) in [6.07, 6.45) is 6.00. The van der Waals surface area contributed by atoms with E-state index in [0.29, 0.717) is 29.6 Å². The largest absolute Gasteiger partial charge is 0.395 e. The predicted molar refractivity (Wildman–Crippen MR) is 136 cm³/mol. The highest BCUT2D eigenvalue weighted by molar-refractivity contribution is 7.90. The summed E-state index contributed by atoms with van der Waals surface area (Å²) in [6.45, 7) is 2.12. The molecule has 1 saturated carbocycles. The van der Waals surface area contributed by atoms with E-state index in [4.69, 9.17) is 0 Å². The Bertz CT molecular complexity index is 1590. The van der Waals surface area contributed by atoms with Crippen molar-refractivity contribution in [3.63, 3.8) is 0 Å². The molecule has 1 aromatic carbocycles. The third-order valence-electron chi connectivity index (χ3n) is 6.16. The van der Waals surface area contributed by atoms with Crippen molar-refractivity contribution in [2.45, 2.75) is 37.1 Å². The number of aromatic nitrogens is 6. The Morgan fingerprint density at radius 1 is 1.21 bits per heavy atom. The van der Waals surface area contributed by atoms with Crippen molar-refractivity contribution in [1.29, 1.82) is 0 Å². The van der Waals surface area contributed by atoms with E-state index in [1.807, 2.05) is 6.92 Å². The minimum Gasteiger partial charge on any atom is -0.395 e. The SMILES string of the molecule is Cc1cc(Nc2nc(N(C)c3c(F)cc(S(C)(=O)=O)cc3F)nc(-c3cn(CCO)cn3)c2C2CC2)n[nH]1. The maximum Gasteiger partial charge on any atom is 0.232 e.